The van der Waals surface area contributed by atoms with E-state index in [1.165, 1.54) is 211 Å². The van der Waals surface area contributed by atoms with Crippen molar-refractivity contribution in [2.75, 3.05) is 20.1 Å². The van der Waals surface area contributed by atoms with E-state index in [4.69, 9.17) is 4.74 Å². The van der Waals surface area contributed by atoms with Crippen LogP contribution in [-0.2, 0) is 9.53 Å². The molecule has 0 N–H and O–H groups in total. The number of ether oxygens (including phenoxy) is 1. The number of carbonyl (C=O) groups excluding carboxylic acids is 1. The summed E-state index contributed by atoms with van der Waals surface area (Å²) < 4.78 is 6.20. The molecule has 1 saturated heterocycles. The van der Waals surface area contributed by atoms with Gasteiger partial charge < -0.3 is 9.64 Å². The van der Waals surface area contributed by atoms with Crippen LogP contribution in [0.3, 0.4) is 0 Å². The van der Waals surface area contributed by atoms with Gasteiger partial charge in [0, 0.05) is 13.1 Å². The minimum absolute atomic E-state index is 0.0340. The van der Waals surface area contributed by atoms with Crippen LogP contribution in [0.15, 0.2) is 12.2 Å². The number of unbranched alkanes of at least 4 members (excludes halogenated alkanes) is 16. The number of rotatable bonds is 36. The number of piperidine rings is 1. The summed E-state index contributed by atoms with van der Waals surface area (Å²) in [7, 11) is 2.16. The van der Waals surface area contributed by atoms with Crippen molar-refractivity contribution >= 4 is 5.97 Å². The van der Waals surface area contributed by atoms with Crippen LogP contribution in [0.5, 0.6) is 0 Å². The van der Waals surface area contributed by atoms with Crippen molar-refractivity contribution in [3.63, 3.8) is 0 Å². The fraction of sp³-hybridized carbons (Fsp3) is 0.941. The Labute approximate surface area is 341 Å². The van der Waals surface area contributed by atoms with Gasteiger partial charge in [-0.25, -0.2) is 0 Å². The molecule has 1 rings (SSSR count). The molecule has 0 saturated carbocycles. The first-order valence-electron chi connectivity index (χ1n) is 24.7. The van der Waals surface area contributed by atoms with Crippen LogP contribution >= 0.6 is 0 Å². The Bertz CT molecular complexity index is 756. The molecule has 3 nitrogen and oxygen atoms in total. The number of hydrogen-bond donors (Lipinski definition) is 0. The third-order valence-corrected chi connectivity index (χ3v) is 12.5. The smallest absolute Gasteiger partial charge is 0.311 e. The Morgan fingerprint density at radius 3 is 1.17 bits per heavy atom. The van der Waals surface area contributed by atoms with Gasteiger partial charge in [-0.15, -0.1) is 0 Å². The number of nitrogens with zero attached hydrogens (tertiary/aromatic N) is 1. The summed E-state index contributed by atoms with van der Waals surface area (Å²) in [6.07, 6.45) is 45.3. The number of likely N-dealkylation sites (tertiary alicyclic amines) is 1. The van der Waals surface area contributed by atoms with Crippen LogP contribution in [0.25, 0.3) is 0 Å². The second kappa shape index (κ2) is 37.7. The quantitative estimate of drug-likeness (QED) is 0.0362. The molecular formula is C51H101NO2. The molecule has 0 radical (unpaired) electrons. The molecule has 1 aliphatic heterocycles. The van der Waals surface area contributed by atoms with E-state index in [0.29, 0.717) is 0 Å². The van der Waals surface area contributed by atoms with E-state index in [-0.39, 0.29) is 17.5 Å². The zero-order valence-electron chi connectivity index (χ0n) is 38.7. The first-order valence-corrected chi connectivity index (χ1v) is 24.7. The molecule has 0 bridgehead atoms. The van der Waals surface area contributed by atoms with Crippen LogP contribution in [0.4, 0.5) is 0 Å². The molecule has 1 aliphatic rings. The molecule has 3 heteroatoms. The Morgan fingerprint density at radius 1 is 0.537 bits per heavy atom. The van der Waals surface area contributed by atoms with Gasteiger partial charge in [0.25, 0.3) is 0 Å². The summed E-state index contributed by atoms with van der Waals surface area (Å²) in [5, 5.41) is 0. The van der Waals surface area contributed by atoms with Crippen LogP contribution in [0, 0.1) is 17.3 Å². The Morgan fingerprint density at radius 2 is 0.852 bits per heavy atom. The molecule has 0 aromatic carbocycles. The summed E-state index contributed by atoms with van der Waals surface area (Å²) >= 11 is 0. The molecule has 0 aliphatic carbocycles. The first kappa shape index (κ1) is 53.2. The summed E-state index contributed by atoms with van der Waals surface area (Å²) in [4.78, 5) is 15.4. The molecule has 0 unspecified atom stereocenters. The molecule has 0 spiro atoms. The van der Waals surface area contributed by atoms with Crippen LogP contribution in [0.2, 0.25) is 0 Å². The average Bonchev–Trinajstić information content (AvgIpc) is 3.16. The number of esters is 1. The van der Waals surface area contributed by atoms with Gasteiger partial charge >= 0.3 is 5.97 Å². The van der Waals surface area contributed by atoms with Gasteiger partial charge in [0.2, 0.25) is 0 Å². The van der Waals surface area contributed by atoms with Gasteiger partial charge in [-0.3, -0.25) is 4.79 Å². The maximum Gasteiger partial charge on any atom is 0.311 e. The maximum atomic E-state index is 13.0. The maximum absolute atomic E-state index is 13.0. The van der Waals surface area contributed by atoms with Crippen molar-refractivity contribution in [3.8, 4) is 0 Å². The fourth-order valence-electron chi connectivity index (χ4n) is 8.45. The summed E-state index contributed by atoms with van der Waals surface area (Å²) in [5.74, 6) is 2.00. The zero-order valence-corrected chi connectivity index (χ0v) is 38.7. The SMILES string of the molecule is C=C1CCN(C)CC1.CCCCC(CCCC)CCCCCCCCCC(CCCCCCCCCC(CCCC)CCCC)OC(=O)C(C)(C)CCC. The molecule has 1 fully saturated rings. The van der Waals surface area contributed by atoms with Crippen molar-refractivity contribution in [2.45, 2.75) is 273 Å². The molecular weight excluding hydrogens is 659 g/mol. The van der Waals surface area contributed by atoms with Gasteiger partial charge in [0.05, 0.1) is 5.41 Å². The molecule has 0 aromatic rings. The highest BCUT2D eigenvalue weighted by Crippen LogP contribution is 2.28. The zero-order chi connectivity index (χ0) is 40.1. The van der Waals surface area contributed by atoms with E-state index in [0.717, 1.165) is 37.5 Å². The topological polar surface area (TPSA) is 29.5 Å². The van der Waals surface area contributed by atoms with Crippen molar-refractivity contribution in [1.82, 2.24) is 4.90 Å². The molecule has 1 heterocycles. The molecule has 0 amide bonds. The van der Waals surface area contributed by atoms with Gasteiger partial charge in [-0.2, -0.15) is 0 Å². The Balaban J connectivity index is 0.00000307. The van der Waals surface area contributed by atoms with Crippen LogP contribution in [0.1, 0.15) is 267 Å². The lowest BCUT2D eigenvalue weighted by atomic mass is 9.88. The lowest BCUT2D eigenvalue weighted by molar-refractivity contribution is -0.160. The van der Waals surface area contributed by atoms with Gasteiger partial charge in [-0.05, 0) is 77.7 Å². The van der Waals surface area contributed by atoms with E-state index >= 15 is 0 Å². The van der Waals surface area contributed by atoms with Crippen molar-refractivity contribution in [1.29, 1.82) is 0 Å². The Kier molecular flexibility index (Phi) is 37.2. The van der Waals surface area contributed by atoms with Gasteiger partial charge in [-0.1, -0.05) is 220 Å². The van der Waals surface area contributed by atoms with Gasteiger partial charge in [0.15, 0.2) is 0 Å². The highest BCUT2D eigenvalue weighted by Gasteiger charge is 2.30. The molecule has 54 heavy (non-hydrogen) atoms. The lowest BCUT2D eigenvalue weighted by Gasteiger charge is -2.26. The van der Waals surface area contributed by atoms with Crippen molar-refractivity contribution in [2.24, 2.45) is 17.3 Å². The first-order chi connectivity index (χ1) is 26.1. The van der Waals surface area contributed by atoms with Crippen LogP contribution in [-0.4, -0.2) is 37.1 Å². The third kappa shape index (κ3) is 32.3. The molecule has 0 atom stereocenters. The minimum atomic E-state index is -0.356. The van der Waals surface area contributed by atoms with Crippen molar-refractivity contribution in [3.05, 3.63) is 12.2 Å². The highest BCUT2D eigenvalue weighted by molar-refractivity contribution is 5.76. The summed E-state index contributed by atoms with van der Waals surface area (Å²) in [6, 6.07) is 0. The second-order valence-electron chi connectivity index (χ2n) is 18.6. The minimum Gasteiger partial charge on any atom is -0.462 e. The highest BCUT2D eigenvalue weighted by atomic mass is 16.5. The van der Waals surface area contributed by atoms with E-state index in [9.17, 15) is 4.79 Å². The van der Waals surface area contributed by atoms with Crippen molar-refractivity contribution < 1.29 is 9.53 Å². The average molecular weight is 760 g/mol. The van der Waals surface area contributed by atoms with E-state index in [1.54, 1.807) is 0 Å². The predicted molar refractivity (Wildman–Crippen MR) is 243 cm³/mol. The third-order valence-electron chi connectivity index (χ3n) is 12.5. The fourth-order valence-corrected chi connectivity index (χ4v) is 8.45. The number of carbonyl (C=O) groups is 1. The normalized spacial score (nSPS) is 13.9. The summed E-state index contributed by atoms with van der Waals surface area (Å²) in [5.41, 5.74) is 1.06. The lowest BCUT2D eigenvalue weighted by Crippen LogP contribution is -2.30. The van der Waals surface area contributed by atoms with E-state index in [2.05, 4.69) is 67.0 Å². The monoisotopic (exact) mass is 760 g/mol. The van der Waals surface area contributed by atoms with Gasteiger partial charge in [0.1, 0.15) is 6.10 Å². The van der Waals surface area contributed by atoms with E-state index < -0.39 is 0 Å². The predicted octanol–water partition coefficient (Wildman–Crippen LogP) is 17.0. The Hall–Kier alpha value is -0.830. The van der Waals surface area contributed by atoms with Crippen LogP contribution < -0.4 is 0 Å². The molecule has 0 aromatic heterocycles. The van der Waals surface area contributed by atoms with E-state index in [1.807, 2.05) is 0 Å². The molecule has 322 valence electrons. The summed E-state index contributed by atoms with van der Waals surface area (Å²) in [6.45, 7) is 22.0. The largest absolute Gasteiger partial charge is 0.462 e. The number of hydrogen-bond acceptors (Lipinski definition) is 3. The standard InChI is InChI=1S/C44H88O2.C7H13N/c1-8-13-31-40(32-14-9-2)35-27-23-19-17-21-25-29-37-42(46-43(45)44(6,7)39-12-5)38-30-26-22-18-20-24-28-36-41(33-15-10-3)34-16-11-4;1-7-3-5-8(2)6-4-7/h40-42H,8-39H2,1-7H3;1,3-6H2,2H3. The second-order valence-corrected chi connectivity index (χ2v) is 18.6.